The van der Waals surface area contributed by atoms with E-state index in [1.54, 1.807) is 17.8 Å². The Hall–Kier alpha value is -1.10. The zero-order chi connectivity index (χ0) is 11.1. The van der Waals surface area contributed by atoms with Crippen LogP contribution in [0.4, 0.5) is 0 Å². The van der Waals surface area contributed by atoms with Crippen molar-refractivity contribution in [2.24, 2.45) is 0 Å². The van der Waals surface area contributed by atoms with Crippen LogP contribution in [0.3, 0.4) is 0 Å². The van der Waals surface area contributed by atoms with Crippen molar-refractivity contribution in [1.29, 1.82) is 0 Å². The molecule has 1 rings (SSSR count). The first-order valence-electron chi connectivity index (χ1n) is 4.94. The minimum Gasteiger partial charge on any atom is -0.476 e. The van der Waals surface area contributed by atoms with Gasteiger partial charge in [0.1, 0.15) is 5.03 Å². The van der Waals surface area contributed by atoms with Crippen molar-refractivity contribution in [3.63, 3.8) is 0 Å². The highest BCUT2D eigenvalue weighted by molar-refractivity contribution is 7.99. The number of hydrogen-bond acceptors (Lipinski definition) is 4. The van der Waals surface area contributed by atoms with Crippen LogP contribution in [0.5, 0.6) is 0 Å². The van der Waals surface area contributed by atoms with Gasteiger partial charge in [-0.2, -0.15) is 0 Å². The van der Waals surface area contributed by atoms with Gasteiger partial charge in [0.05, 0.1) is 0 Å². The minimum atomic E-state index is -1.04. The Morgan fingerprint density at radius 2 is 2.20 bits per heavy atom. The SMILES string of the molecule is CCCCCSc1ccc(C(=O)O)nn1. The Kier molecular flexibility index (Phi) is 5.10. The summed E-state index contributed by atoms with van der Waals surface area (Å²) in [6.45, 7) is 2.16. The zero-order valence-electron chi connectivity index (χ0n) is 8.64. The van der Waals surface area contributed by atoms with E-state index >= 15 is 0 Å². The highest BCUT2D eigenvalue weighted by Crippen LogP contribution is 2.16. The molecule has 0 spiro atoms. The quantitative estimate of drug-likeness (QED) is 0.596. The molecule has 4 nitrogen and oxygen atoms in total. The van der Waals surface area contributed by atoms with Gasteiger partial charge < -0.3 is 5.11 Å². The average Bonchev–Trinajstić information content (AvgIpc) is 2.25. The third kappa shape index (κ3) is 4.29. The first-order chi connectivity index (χ1) is 7.24. The topological polar surface area (TPSA) is 63.1 Å². The molecule has 0 fully saturated rings. The van der Waals surface area contributed by atoms with Crippen molar-refractivity contribution < 1.29 is 9.90 Å². The molecule has 0 atom stereocenters. The van der Waals surface area contributed by atoms with E-state index in [9.17, 15) is 4.79 Å². The van der Waals surface area contributed by atoms with Crippen LogP contribution in [0.15, 0.2) is 17.2 Å². The number of aromatic nitrogens is 2. The van der Waals surface area contributed by atoms with Gasteiger partial charge in [0.2, 0.25) is 0 Å². The molecule has 0 aliphatic heterocycles. The molecule has 0 bridgehead atoms. The van der Waals surface area contributed by atoms with Crippen molar-refractivity contribution in [1.82, 2.24) is 10.2 Å². The summed E-state index contributed by atoms with van der Waals surface area (Å²) in [5.41, 5.74) is -0.00657. The summed E-state index contributed by atoms with van der Waals surface area (Å²) in [7, 11) is 0. The molecule has 0 saturated heterocycles. The lowest BCUT2D eigenvalue weighted by molar-refractivity contribution is 0.0689. The van der Waals surface area contributed by atoms with Gasteiger partial charge in [0.15, 0.2) is 5.69 Å². The van der Waals surface area contributed by atoms with Crippen LogP contribution in [0.2, 0.25) is 0 Å². The summed E-state index contributed by atoms with van der Waals surface area (Å²) < 4.78 is 0. The molecule has 0 aliphatic rings. The fourth-order valence-electron chi connectivity index (χ4n) is 1.04. The van der Waals surface area contributed by atoms with E-state index in [0.717, 1.165) is 17.2 Å². The second-order valence-electron chi connectivity index (χ2n) is 3.12. The Bertz CT molecular complexity index is 314. The van der Waals surface area contributed by atoms with Crippen LogP contribution in [0, 0.1) is 0 Å². The van der Waals surface area contributed by atoms with Crippen LogP contribution in [-0.4, -0.2) is 27.0 Å². The lowest BCUT2D eigenvalue weighted by Crippen LogP contribution is -2.01. The Morgan fingerprint density at radius 3 is 2.73 bits per heavy atom. The number of nitrogens with zero attached hydrogens (tertiary/aromatic N) is 2. The second kappa shape index (κ2) is 6.40. The molecule has 0 aliphatic carbocycles. The van der Waals surface area contributed by atoms with Crippen LogP contribution >= 0.6 is 11.8 Å². The number of unbranched alkanes of at least 4 members (excludes halogenated alkanes) is 2. The number of aromatic carboxylic acids is 1. The fraction of sp³-hybridized carbons (Fsp3) is 0.500. The third-order valence-corrected chi connectivity index (χ3v) is 2.86. The average molecular weight is 226 g/mol. The molecular formula is C10H14N2O2S. The van der Waals surface area contributed by atoms with Crippen molar-refractivity contribution in [2.45, 2.75) is 31.2 Å². The molecule has 0 saturated carbocycles. The predicted molar refractivity (Wildman–Crippen MR) is 59.2 cm³/mol. The van der Waals surface area contributed by atoms with E-state index in [1.807, 2.05) is 0 Å². The van der Waals surface area contributed by atoms with Gasteiger partial charge in [-0.1, -0.05) is 19.8 Å². The molecule has 15 heavy (non-hydrogen) atoms. The van der Waals surface area contributed by atoms with Gasteiger partial charge in [-0.3, -0.25) is 0 Å². The summed E-state index contributed by atoms with van der Waals surface area (Å²) in [6, 6.07) is 3.19. The van der Waals surface area contributed by atoms with Gasteiger partial charge in [-0.05, 0) is 24.3 Å². The van der Waals surface area contributed by atoms with Crippen molar-refractivity contribution in [3.05, 3.63) is 17.8 Å². The molecule has 0 unspecified atom stereocenters. The molecule has 0 aromatic carbocycles. The Labute approximate surface area is 93.1 Å². The molecule has 0 radical (unpaired) electrons. The lowest BCUT2D eigenvalue weighted by atomic mass is 10.3. The van der Waals surface area contributed by atoms with E-state index < -0.39 is 5.97 Å². The maximum Gasteiger partial charge on any atom is 0.356 e. The predicted octanol–water partition coefficient (Wildman–Crippen LogP) is 2.46. The third-order valence-electron chi connectivity index (χ3n) is 1.86. The normalized spacial score (nSPS) is 10.2. The smallest absolute Gasteiger partial charge is 0.356 e. The summed E-state index contributed by atoms with van der Waals surface area (Å²) >= 11 is 1.61. The maximum absolute atomic E-state index is 10.5. The summed E-state index contributed by atoms with van der Waals surface area (Å²) in [5, 5.41) is 16.8. The molecule has 1 aromatic heterocycles. The highest BCUT2D eigenvalue weighted by atomic mass is 32.2. The van der Waals surface area contributed by atoms with E-state index in [0.29, 0.717) is 0 Å². The van der Waals surface area contributed by atoms with Crippen LogP contribution in [0.25, 0.3) is 0 Å². The first-order valence-corrected chi connectivity index (χ1v) is 5.92. The van der Waals surface area contributed by atoms with Gasteiger partial charge in [0, 0.05) is 0 Å². The largest absolute Gasteiger partial charge is 0.476 e. The number of hydrogen-bond donors (Lipinski definition) is 1. The molecule has 1 aromatic rings. The standard InChI is InChI=1S/C10H14N2O2S/c1-2-3-4-7-15-9-6-5-8(10(13)14)11-12-9/h5-6H,2-4,7H2,1H3,(H,13,14). The maximum atomic E-state index is 10.5. The van der Waals surface area contributed by atoms with Gasteiger partial charge in [0.25, 0.3) is 0 Å². The van der Waals surface area contributed by atoms with E-state index in [-0.39, 0.29) is 5.69 Å². The van der Waals surface area contributed by atoms with Crippen LogP contribution in [-0.2, 0) is 0 Å². The Balaban J connectivity index is 2.39. The Morgan fingerprint density at radius 1 is 1.40 bits per heavy atom. The summed E-state index contributed by atoms with van der Waals surface area (Å²) in [6.07, 6.45) is 3.57. The molecule has 5 heteroatoms. The lowest BCUT2D eigenvalue weighted by Gasteiger charge is -1.99. The monoisotopic (exact) mass is 226 g/mol. The van der Waals surface area contributed by atoms with Crippen LogP contribution < -0.4 is 0 Å². The molecular weight excluding hydrogens is 212 g/mol. The van der Waals surface area contributed by atoms with Crippen molar-refractivity contribution in [2.75, 3.05) is 5.75 Å². The van der Waals surface area contributed by atoms with E-state index in [2.05, 4.69) is 17.1 Å². The highest BCUT2D eigenvalue weighted by Gasteiger charge is 2.04. The number of thioether (sulfide) groups is 1. The zero-order valence-corrected chi connectivity index (χ0v) is 9.46. The number of carboxylic acids is 1. The number of carboxylic acid groups (broad SMARTS) is 1. The number of rotatable bonds is 6. The first kappa shape index (κ1) is 12.0. The van der Waals surface area contributed by atoms with Gasteiger partial charge >= 0.3 is 5.97 Å². The van der Waals surface area contributed by atoms with Crippen molar-refractivity contribution >= 4 is 17.7 Å². The van der Waals surface area contributed by atoms with Crippen molar-refractivity contribution in [3.8, 4) is 0 Å². The molecule has 0 amide bonds. The minimum absolute atomic E-state index is 0.00657. The summed E-state index contributed by atoms with van der Waals surface area (Å²) in [5.74, 6) is -0.0281. The fourth-order valence-corrected chi connectivity index (χ4v) is 1.86. The number of carbonyl (C=O) groups is 1. The van der Waals surface area contributed by atoms with Gasteiger partial charge in [-0.25, -0.2) is 4.79 Å². The second-order valence-corrected chi connectivity index (χ2v) is 4.23. The van der Waals surface area contributed by atoms with E-state index in [4.69, 9.17) is 5.11 Å². The molecule has 1 N–H and O–H groups in total. The van der Waals surface area contributed by atoms with E-state index in [1.165, 1.54) is 18.9 Å². The molecule has 82 valence electrons. The van der Waals surface area contributed by atoms with Crippen LogP contribution in [0.1, 0.15) is 36.7 Å². The summed E-state index contributed by atoms with van der Waals surface area (Å²) in [4.78, 5) is 10.5. The van der Waals surface area contributed by atoms with Gasteiger partial charge in [-0.15, -0.1) is 22.0 Å². The molecule has 1 heterocycles.